The normalized spacial score (nSPS) is 25.6. The van der Waals surface area contributed by atoms with E-state index in [2.05, 4.69) is 21.2 Å². The molecule has 1 saturated carbocycles. The lowest BCUT2D eigenvalue weighted by atomic mass is 9.89. The zero-order chi connectivity index (χ0) is 9.97. The fraction of sp³-hybridized carbons (Fsp3) is 0.455. The van der Waals surface area contributed by atoms with Crippen LogP contribution in [0.2, 0.25) is 0 Å². The van der Waals surface area contributed by atoms with E-state index < -0.39 is 0 Å². The van der Waals surface area contributed by atoms with Crippen LogP contribution in [0.25, 0.3) is 0 Å². The van der Waals surface area contributed by atoms with E-state index in [4.69, 9.17) is 4.74 Å². The zero-order valence-corrected chi connectivity index (χ0v) is 9.75. The van der Waals surface area contributed by atoms with Crippen LogP contribution in [0.5, 0.6) is 5.75 Å². The summed E-state index contributed by atoms with van der Waals surface area (Å²) in [7, 11) is 2.00. The van der Waals surface area contributed by atoms with E-state index in [1.165, 1.54) is 0 Å². The van der Waals surface area contributed by atoms with Crippen LogP contribution < -0.4 is 10.1 Å². The van der Waals surface area contributed by atoms with Crippen molar-refractivity contribution in [3.63, 3.8) is 0 Å². The van der Waals surface area contributed by atoms with Gasteiger partial charge in [-0.3, -0.25) is 0 Å². The molecule has 0 aromatic heterocycles. The van der Waals surface area contributed by atoms with Gasteiger partial charge in [0.25, 0.3) is 0 Å². The first-order chi connectivity index (χ1) is 6.78. The van der Waals surface area contributed by atoms with Gasteiger partial charge in [-0.1, -0.05) is 22.0 Å². The van der Waals surface area contributed by atoms with E-state index in [0.29, 0.717) is 12.1 Å². The summed E-state index contributed by atoms with van der Waals surface area (Å²) in [6.45, 7) is 0. The molecule has 0 heterocycles. The van der Waals surface area contributed by atoms with Gasteiger partial charge in [-0.2, -0.15) is 0 Å². The van der Waals surface area contributed by atoms with Crippen molar-refractivity contribution in [2.24, 2.45) is 0 Å². The molecule has 0 radical (unpaired) electrons. The van der Waals surface area contributed by atoms with Crippen LogP contribution in [0, 0.1) is 0 Å². The van der Waals surface area contributed by atoms with Gasteiger partial charge in [-0.15, -0.1) is 0 Å². The largest absolute Gasteiger partial charge is 0.490 e. The highest BCUT2D eigenvalue weighted by molar-refractivity contribution is 9.10. The minimum Gasteiger partial charge on any atom is -0.490 e. The molecule has 0 unspecified atom stereocenters. The summed E-state index contributed by atoms with van der Waals surface area (Å²) in [4.78, 5) is 0. The Bertz CT molecular complexity index is 310. The van der Waals surface area contributed by atoms with Gasteiger partial charge in [0.2, 0.25) is 0 Å². The summed E-state index contributed by atoms with van der Waals surface area (Å²) in [5.41, 5.74) is 0. The first-order valence-electron chi connectivity index (χ1n) is 4.87. The molecule has 1 aromatic carbocycles. The molecule has 1 aliphatic carbocycles. The topological polar surface area (TPSA) is 21.3 Å². The molecule has 1 aliphatic rings. The van der Waals surface area contributed by atoms with Gasteiger partial charge in [0, 0.05) is 10.5 Å². The number of rotatable bonds is 3. The molecule has 1 fully saturated rings. The Morgan fingerprint density at radius 3 is 2.86 bits per heavy atom. The lowest BCUT2D eigenvalue weighted by molar-refractivity contribution is 0.0884. The number of halogens is 1. The Morgan fingerprint density at radius 2 is 2.21 bits per heavy atom. The highest BCUT2D eigenvalue weighted by Gasteiger charge is 2.29. The Hall–Kier alpha value is -0.540. The Balaban J connectivity index is 1.87. The van der Waals surface area contributed by atoms with Crippen molar-refractivity contribution >= 4 is 15.9 Å². The summed E-state index contributed by atoms with van der Waals surface area (Å²) in [6.07, 6.45) is 2.62. The second-order valence-electron chi connectivity index (χ2n) is 3.65. The van der Waals surface area contributed by atoms with Crippen molar-refractivity contribution in [3.05, 3.63) is 28.7 Å². The van der Waals surface area contributed by atoms with Crippen LogP contribution in [0.1, 0.15) is 12.8 Å². The van der Waals surface area contributed by atoms with E-state index in [1.807, 2.05) is 31.3 Å². The third-order valence-corrected chi connectivity index (χ3v) is 3.10. The lowest BCUT2D eigenvalue weighted by Gasteiger charge is -2.35. The number of ether oxygens (including phenoxy) is 1. The second-order valence-corrected chi connectivity index (χ2v) is 4.57. The maximum Gasteiger partial charge on any atom is 0.120 e. The van der Waals surface area contributed by atoms with E-state index in [0.717, 1.165) is 23.1 Å². The van der Waals surface area contributed by atoms with E-state index in [1.54, 1.807) is 0 Å². The van der Waals surface area contributed by atoms with Gasteiger partial charge in [0.05, 0.1) is 0 Å². The highest BCUT2D eigenvalue weighted by Crippen LogP contribution is 2.27. The van der Waals surface area contributed by atoms with Gasteiger partial charge >= 0.3 is 0 Å². The lowest BCUT2D eigenvalue weighted by Crippen LogP contribution is -2.45. The molecule has 0 spiro atoms. The molecular weight excluding hydrogens is 242 g/mol. The summed E-state index contributed by atoms with van der Waals surface area (Å²) in [5, 5.41) is 3.24. The number of nitrogens with one attached hydrogen (secondary N) is 1. The average Bonchev–Trinajstić information content (AvgIpc) is 2.10. The predicted molar refractivity (Wildman–Crippen MR) is 60.6 cm³/mol. The quantitative estimate of drug-likeness (QED) is 0.897. The first-order valence-corrected chi connectivity index (χ1v) is 5.66. The Morgan fingerprint density at radius 1 is 1.43 bits per heavy atom. The van der Waals surface area contributed by atoms with E-state index in [9.17, 15) is 0 Å². The van der Waals surface area contributed by atoms with Crippen LogP contribution in [0.15, 0.2) is 28.7 Å². The minimum absolute atomic E-state index is 0.391. The van der Waals surface area contributed by atoms with Crippen molar-refractivity contribution in [1.82, 2.24) is 5.32 Å². The van der Waals surface area contributed by atoms with Gasteiger partial charge in [-0.05, 0) is 38.1 Å². The molecule has 0 atom stereocenters. The Labute approximate surface area is 92.8 Å². The zero-order valence-electron chi connectivity index (χ0n) is 8.16. The summed E-state index contributed by atoms with van der Waals surface area (Å²) >= 11 is 3.43. The SMILES string of the molecule is CNC1CC(Oc2cccc(Br)c2)C1. The molecule has 76 valence electrons. The van der Waals surface area contributed by atoms with Crippen LogP contribution in [0.4, 0.5) is 0 Å². The van der Waals surface area contributed by atoms with Crippen LogP contribution in [0.3, 0.4) is 0 Å². The average molecular weight is 256 g/mol. The van der Waals surface area contributed by atoms with Gasteiger partial charge in [0.1, 0.15) is 11.9 Å². The fourth-order valence-corrected chi connectivity index (χ4v) is 2.01. The second kappa shape index (κ2) is 4.32. The van der Waals surface area contributed by atoms with Crippen molar-refractivity contribution in [2.45, 2.75) is 25.0 Å². The highest BCUT2D eigenvalue weighted by atomic mass is 79.9. The summed E-state index contributed by atoms with van der Waals surface area (Å²) in [6, 6.07) is 8.65. The predicted octanol–water partition coefficient (Wildman–Crippen LogP) is 2.58. The van der Waals surface area contributed by atoms with Crippen molar-refractivity contribution in [2.75, 3.05) is 7.05 Å². The third kappa shape index (κ3) is 2.28. The number of hydrogen-bond donors (Lipinski definition) is 1. The molecule has 0 saturated heterocycles. The Kier molecular flexibility index (Phi) is 3.08. The number of benzene rings is 1. The van der Waals surface area contributed by atoms with Crippen molar-refractivity contribution in [3.8, 4) is 5.75 Å². The molecule has 3 heteroatoms. The van der Waals surface area contributed by atoms with E-state index >= 15 is 0 Å². The standard InChI is InChI=1S/C11H14BrNO/c1-13-9-6-11(7-9)14-10-4-2-3-8(12)5-10/h2-5,9,11,13H,6-7H2,1H3. The molecule has 14 heavy (non-hydrogen) atoms. The van der Waals surface area contributed by atoms with Crippen LogP contribution in [-0.2, 0) is 0 Å². The molecule has 1 aromatic rings. The molecule has 0 aliphatic heterocycles. The van der Waals surface area contributed by atoms with Crippen LogP contribution >= 0.6 is 15.9 Å². The monoisotopic (exact) mass is 255 g/mol. The first kappa shape index (κ1) is 9.99. The fourth-order valence-electron chi connectivity index (χ4n) is 1.63. The van der Waals surface area contributed by atoms with Crippen molar-refractivity contribution < 1.29 is 4.74 Å². The summed E-state index contributed by atoms with van der Waals surface area (Å²) < 4.78 is 6.86. The van der Waals surface area contributed by atoms with E-state index in [-0.39, 0.29) is 0 Å². The number of hydrogen-bond acceptors (Lipinski definition) is 2. The third-order valence-electron chi connectivity index (χ3n) is 2.60. The smallest absolute Gasteiger partial charge is 0.120 e. The van der Waals surface area contributed by atoms with Gasteiger partial charge < -0.3 is 10.1 Å². The maximum absolute atomic E-state index is 5.79. The molecule has 1 N–H and O–H groups in total. The molecule has 0 amide bonds. The molecule has 0 bridgehead atoms. The maximum atomic E-state index is 5.79. The van der Waals surface area contributed by atoms with Gasteiger partial charge in [-0.25, -0.2) is 0 Å². The molecule has 2 rings (SSSR count). The summed E-state index contributed by atoms with van der Waals surface area (Å²) in [5.74, 6) is 0.957. The van der Waals surface area contributed by atoms with Crippen LogP contribution in [-0.4, -0.2) is 19.2 Å². The minimum atomic E-state index is 0.391. The molecule has 2 nitrogen and oxygen atoms in total. The van der Waals surface area contributed by atoms with Gasteiger partial charge in [0.15, 0.2) is 0 Å². The molecular formula is C11H14BrNO. The van der Waals surface area contributed by atoms with Crippen molar-refractivity contribution in [1.29, 1.82) is 0 Å².